The van der Waals surface area contributed by atoms with Crippen molar-refractivity contribution in [3.8, 4) is 5.88 Å². The second-order valence-electron chi connectivity index (χ2n) is 1.72. The Morgan fingerprint density at radius 3 is 2.70 bits per heavy atom. The van der Waals surface area contributed by atoms with Crippen LogP contribution in [0.15, 0.2) is 10.9 Å². The first-order valence-corrected chi connectivity index (χ1v) is 2.64. The van der Waals surface area contributed by atoms with Crippen molar-refractivity contribution in [1.82, 2.24) is 10.2 Å². The van der Waals surface area contributed by atoms with E-state index in [1.807, 2.05) is 0 Å². The van der Waals surface area contributed by atoms with Crippen LogP contribution in [0.4, 0.5) is 0 Å². The Morgan fingerprint density at radius 2 is 2.30 bits per heavy atom. The Labute approximate surface area is 56.0 Å². The summed E-state index contributed by atoms with van der Waals surface area (Å²) in [6, 6.07) is 1.15. The standard InChI is InChI=1S/C5H6N2O3/c1-3(8)10-5-2-4(9)6-7-5/h2H,1H3,(H2,6,7,9). The van der Waals surface area contributed by atoms with Crippen LogP contribution >= 0.6 is 0 Å². The van der Waals surface area contributed by atoms with Crippen LogP contribution in [0, 0.1) is 0 Å². The molecule has 5 nitrogen and oxygen atoms in total. The maximum Gasteiger partial charge on any atom is 0.309 e. The van der Waals surface area contributed by atoms with Gasteiger partial charge in [0, 0.05) is 6.92 Å². The van der Waals surface area contributed by atoms with E-state index in [4.69, 9.17) is 0 Å². The molecule has 5 heteroatoms. The van der Waals surface area contributed by atoms with Crippen LogP contribution in [0.1, 0.15) is 6.92 Å². The van der Waals surface area contributed by atoms with Gasteiger partial charge < -0.3 is 4.74 Å². The molecule has 54 valence electrons. The second-order valence-corrected chi connectivity index (χ2v) is 1.72. The van der Waals surface area contributed by atoms with Gasteiger partial charge in [0.05, 0.1) is 6.07 Å². The van der Waals surface area contributed by atoms with Gasteiger partial charge in [-0.2, -0.15) is 0 Å². The lowest BCUT2D eigenvalue weighted by Gasteiger charge is -1.91. The summed E-state index contributed by atoms with van der Waals surface area (Å²) in [7, 11) is 0. The summed E-state index contributed by atoms with van der Waals surface area (Å²) >= 11 is 0. The molecule has 0 unspecified atom stereocenters. The second kappa shape index (κ2) is 2.38. The zero-order valence-corrected chi connectivity index (χ0v) is 5.30. The molecular weight excluding hydrogens is 136 g/mol. The quantitative estimate of drug-likeness (QED) is 0.525. The van der Waals surface area contributed by atoms with Gasteiger partial charge in [-0.3, -0.25) is 19.8 Å². The highest BCUT2D eigenvalue weighted by atomic mass is 16.5. The Hall–Kier alpha value is -1.52. The van der Waals surface area contributed by atoms with E-state index in [-0.39, 0.29) is 11.4 Å². The molecule has 2 N–H and O–H groups in total. The van der Waals surface area contributed by atoms with Crippen LogP contribution in [-0.4, -0.2) is 16.2 Å². The molecule has 0 fully saturated rings. The van der Waals surface area contributed by atoms with Crippen LogP contribution in [0.2, 0.25) is 0 Å². The number of esters is 1. The first kappa shape index (κ1) is 6.60. The summed E-state index contributed by atoms with van der Waals surface area (Å²) in [5.41, 5.74) is -0.323. The molecular formula is C5H6N2O3. The van der Waals surface area contributed by atoms with E-state index < -0.39 is 5.97 Å². The number of hydrogen-bond acceptors (Lipinski definition) is 3. The van der Waals surface area contributed by atoms with Crippen LogP contribution in [0.3, 0.4) is 0 Å². The summed E-state index contributed by atoms with van der Waals surface area (Å²) in [5, 5.41) is 4.57. The molecule has 0 bridgehead atoms. The van der Waals surface area contributed by atoms with E-state index in [2.05, 4.69) is 14.9 Å². The zero-order chi connectivity index (χ0) is 7.56. The summed E-state index contributed by atoms with van der Waals surface area (Å²) in [5.74, 6) is -0.326. The fourth-order valence-corrected chi connectivity index (χ4v) is 0.524. The predicted molar refractivity (Wildman–Crippen MR) is 32.7 cm³/mol. The highest BCUT2D eigenvalue weighted by Gasteiger charge is 1.98. The lowest BCUT2D eigenvalue weighted by Crippen LogP contribution is -2.01. The first-order chi connectivity index (χ1) is 4.68. The van der Waals surface area contributed by atoms with E-state index >= 15 is 0 Å². The summed E-state index contributed by atoms with van der Waals surface area (Å²) in [4.78, 5) is 20.7. The lowest BCUT2D eigenvalue weighted by molar-refractivity contribution is -0.132. The SMILES string of the molecule is CC(=O)Oc1cc(=O)[nH][nH]1. The number of carbonyl (C=O) groups excluding carboxylic acids is 1. The van der Waals surface area contributed by atoms with Crippen molar-refractivity contribution in [3.05, 3.63) is 16.4 Å². The van der Waals surface area contributed by atoms with Gasteiger partial charge in [0.1, 0.15) is 0 Å². The third kappa shape index (κ3) is 1.48. The van der Waals surface area contributed by atoms with Gasteiger partial charge in [-0.05, 0) is 0 Å². The molecule has 0 saturated heterocycles. The minimum atomic E-state index is -0.463. The van der Waals surface area contributed by atoms with Crippen molar-refractivity contribution in [2.24, 2.45) is 0 Å². The van der Waals surface area contributed by atoms with Gasteiger partial charge in [0.25, 0.3) is 5.56 Å². The molecule has 10 heavy (non-hydrogen) atoms. The predicted octanol–water partition coefficient (Wildman–Crippen LogP) is -0.372. The number of ether oxygens (including phenoxy) is 1. The van der Waals surface area contributed by atoms with Gasteiger partial charge in [0.15, 0.2) is 0 Å². The fraction of sp³-hybridized carbons (Fsp3) is 0.200. The van der Waals surface area contributed by atoms with Crippen molar-refractivity contribution in [2.45, 2.75) is 6.92 Å². The van der Waals surface area contributed by atoms with E-state index in [1.54, 1.807) is 0 Å². The highest BCUT2D eigenvalue weighted by Crippen LogP contribution is 1.97. The molecule has 0 saturated carbocycles. The minimum absolute atomic E-state index is 0.137. The molecule has 1 heterocycles. The van der Waals surface area contributed by atoms with Crippen LogP contribution < -0.4 is 10.3 Å². The van der Waals surface area contributed by atoms with Crippen molar-refractivity contribution < 1.29 is 9.53 Å². The number of H-pyrrole nitrogens is 2. The van der Waals surface area contributed by atoms with Gasteiger partial charge in [-0.25, -0.2) is 0 Å². The van der Waals surface area contributed by atoms with Crippen molar-refractivity contribution >= 4 is 5.97 Å². The molecule has 0 aromatic carbocycles. The molecule has 0 atom stereocenters. The third-order valence-electron chi connectivity index (χ3n) is 0.825. The number of aromatic nitrogens is 2. The maximum atomic E-state index is 10.4. The zero-order valence-electron chi connectivity index (χ0n) is 5.30. The van der Waals surface area contributed by atoms with Gasteiger partial charge in [-0.1, -0.05) is 0 Å². The molecule has 0 spiro atoms. The maximum absolute atomic E-state index is 10.4. The molecule has 1 rings (SSSR count). The number of carbonyl (C=O) groups is 1. The van der Waals surface area contributed by atoms with E-state index in [0.29, 0.717) is 0 Å². The third-order valence-corrected chi connectivity index (χ3v) is 0.825. The molecule has 0 aliphatic carbocycles. The van der Waals surface area contributed by atoms with E-state index in [0.717, 1.165) is 6.07 Å². The normalized spacial score (nSPS) is 9.30. The monoisotopic (exact) mass is 142 g/mol. The highest BCUT2D eigenvalue weighted by molar-refractivity contribution is 5.68. The van der Waals surface area contributed by atoms with Crippen LogP contribution in [0.25, 0.3) is 0 Å². The Morgan fingerprint density at radius 1 is 1.60 bits per heavy atom. The average Bonchev–Trinajstić information content (AvgIpc) is 2.13. The molecule has 0 aliphatic heterocycles. The molecule has 0 amide bonds. The molecule has 1 aromatic rings. The van der Waals surface area contributed by atoms with Crippen LogP contribution in [-0.2, 0) is 4.79 Å². The van der Waals surface area contributed by atoms with Gasteiger partial charge in [0.2, 0.25) is 5.88 Å². The molecule has 1 aromatic heterocycles. The lowest BCUT2D eigenvalue weighted by atomic mass is 10.7. The van der Waals surface area contributed by atoms with Gasteiger partial charge in [-0.15, -0.1) is 0 Å². The van der Waals surface area contributed by atoms with Crippen molar-refractivity contribution in [3.63, 3.8) is 0 Å². The number of nitrogens with one attached hydrogen (secondary N) is 2. The van der Waals surface area contributed by atoms with Crippen LogP contribution in [0.5, 0.6) is 5.88 Å². The average molecular weight is 142 g/mol. The largest absolute Gasteiger partial charge is 0.408 e. The number of hydrogen-bond donors (Lipinski definition) is 2. The van der Waals surface area contributed by atoms with Gasteiger partial charge >= 0.3 is 5.97 Å². The van der Waals surface area contributed by atoms with E-state index in [1.165, 1.54) is 6.92 Å². The van der Waals surface area contributed by atoms with E-state index in [9.17, 15) is 9.59 Å². The smallest absolute Gasteiger partial charge is 0.309 e. The number of rotatable bonds is 1. The van der Waals surface area contributed by atoms with Crippen molar-refractivity contribution in [2.75, 3.05) is 0 Å². The van der Waals surface area contributed by atoms with Crippen molar-refractivity contribution in [1.29, 1.82) is 0 Å². The Kier molecular flexibility index (Phi) is 1.57. The summed E-state index contributed by atoms with van der Waals surface area (Å²) < 4.78 is 4.51. The summed E-state index contributed by atoms with van der Waals surface area (Å²) in [6.07, 6.45) is 0. The minimum Gasteiger partial charge on any atom is -0.408 e. The molecule has 0 radical (unpaired) electrons. The topological polar surface area (TPSA) is 75.0 Å². The summed E-state index contributed by atoms with van der Waals surface area (Å²) in [6.45, 7) is 1.26. The Bertz CT molecular complexity index is 285. The Balaban J connectivity index is 2.76. The number of aromatic amines is 2. The molecule has 0 aliphatic rings. The first-order valence-electron chi connectivity index (χ1n) is 2.64. The fourth-order valence-electron chi connectivity index (χ4n) is 0.524.